The lowest BCUT2D eigenvalue weighted by molar-refractivity contribution is 0.0386. The fourth-order valence-corrected chi connectivity index (χ4v) is 2.13. The van der Waals surface area contributed by atoms with E-state index < -0.39 is 6.10 Å². The summed E-state index contributed by atoms with van der Waals surface area (Å²) < 4.78 is 10.6. The molecule has 0 aromatic carbocycles. The van der Waals surface area contributed by atoms with Crippen LogP contribution in [0.1, 0.15) is 36.7 Å². The van der Waals surface area contributed by atoms with E-state index in [2.05, 4.69) is 0 Å². The molecule has 15 heavy (non-hydrogen) atoms. The Bertz CT molecular complexity index is 300. The molecule has 1 atom stereocenters. The Morgan fingerprint density at radius 3 is 2.80 bits per heavy atom. The molecule has 2 rings (SSSR count). The number of hydrogen-bond acceptors (Lipinski definition) is 3. The first-order chi connectivity index (χ1) is 7.27. The predicted octanol–water partition coefficient (Wildman–Crippen LogP) is 2.44. The van der Waals surface area contributed by atoms with Crippen molar-refractivity contribution in [3.63, 3.8) is 0 Å². The van der Waals surface area contributed by atoms with Crippen molar-refractivity contribution in [2.75, 3.05) is 13.2 Å². The summed E-state index contributed by atoms with van der Waals surface area (Å²) in [7, 11) is 0. The lowest BCUT2D eigenvalue weighted by Gasteiger charge is -2.23. The molecule has 1 unspecified atom stereocenters. The van der Waals surface area contributed by atoms with Gasteiger partial charge in [-0.1, -0.05) is 0 Å². The summed E-state index contributed by atoms with van der Waals surface area (Å²) >= 11 is 0. The molecule has 0 saturated carbocycles. The molecular formula is C12H18O3. The van der Waals surface area contributed by atoms with Gasteiger partial charge in [0.05, 0.1) is 6.26 Å². The van der Waals surface area contributed by atoms with Crippen LogP contribution in [-0.2, 0) is 4.74 Å². The topological polar surface area (TPSA) is 42.6 Å². The Labute approximate surface area is 90.0 Å². The maximum absolute atomic E-state index is 10.0. The van der Waals surface area contributed by atoms with Crippen molar-refractivity contribution in [2.45, 2.75) is 32.3 Å². The molecule has 0 radical (unpaired) electrons. The average Bonchev–Trinajstić information content (AvgIpc) is 2.66. The number of aryl methyl sites for hydroxylation is 1. The Morgan fingerprint density at radius 1 is 1.47 bits per heavy atom. The SMILES string of the molecule is Cc1ccoc1C(O)CC1CCOCC1. The van der Waals surface area contributed by atoms with Crippen molar-refractivity contribution in [3.8, 4) is 0 Å². The minimum absolute atomic E-state index is 0.455. The van der Waals surface area contributed by atoms with Gasteiger partial charge < -0.3 is 14.3 Å². The van der Waals surface area contributed by atoms with Gasteiger partial charge in [0.1, 0.15) is 11.9 Å². The summed E-state index contributed by atoms with van der Waals surface area (Å²) in [6, 6.07) is 1.89. The van der Waals surface area contributed by atoms with E-state index in [4.69, 9.17) is 9.15 Å². The van der Waals surface area contributed by atoms with Gasteiger partial charge in [-0.15, -0.1) is 0 Å². The van der Waals surface area contributed by atoms with Crippen molar-refractivity contribution in [2.24, 2.45) is 5.92 Å². The fraction of sp³-hybridized carbons (Fsp3) is 0.667. The van der Waals surface area contributed by atoms with Crippen LogP contribution >= 0.6 is 0 Å². The first-order valence-corrected chi connectivity index (χ1v) is 5.57. The van der Waals surface area contributed by atoms with Crippen LogP contribution in [0.3, 0.4) is 0 Å². The van der Waals surface area contributed by atoms with E-state index in [0.29, 0.717) is 5.92 Å². The third kappa shape index (κ3) is 2.61. The number of ether oxygens (including phenoxy) is 1. The molecular weight excluding hydrogens is 192 g/mol. The van der Waals surface area contributed by atoms with Gasteiger partial charge in [0.15, 0.2) is 0 Å². The molecule has 1 fully saturated rings. The van der Waals surface area contributed by atoms with E-state index in [0.717, 1.165) is 43.8 Å². The van der Waals surface area contributed by atoms with Gasteiger partial charge in [0.25, 0.3) is 0 Å². The molecule has 2 heterocycles. The van der Waals surface area contributed by atoms with E-state index in [1.807, 2.05) is 13.0 Å². The maximum atomic E-state index is 10.0. The largest absolute Gasteiger partial charge is 0.466 e. The van der Waals surface area contributed by atoms with Crippen molar-refractivity contribution in [3.05, 3.63) is 23.7 Å². The highest BCUT2D eigenvalue weighted by Gasteiger charge is 2.21. The van der Waals surface area contributed by atoms with E-state index in [1.54, 1.807) is 6.26 Å². The van der Waals surface area contributed by atoms with Crippen molar-refractivity contribution >= 4 is 0 Å². The Kier molecular flexibility index (Phi) is 3.44. The highest BCUT2D eigenvalue weighted by Crippen LogP contribution is 2.29. The minimum Gasteiger partial charge on any atom is -0.466 e. The number of aliphatic hydroxyl groups is 1. The number of aliphatic hydroxyl groups excluding tert-OH is 1. The fourth-order valence-electron chi connectivity index (χ4n) is 2.13. The van der Waals surface area contributed by atoms with Crippen LogP contribution in [0.5, 0.6) is 0 Å². The minimum atomic E-state index is -0.455. The first-order valence-electron chi connectivity index (χ1n) is 5.57. The smallest absolute Gasteiger partial charge is 0.135 e. The van der Waals surface area contributed by atoms with Crippen LogP contribution in [0.25, 0.3) is 0 Å². The van der Waals surface area contributed by atoms with Crippen LogP contribution in [0.4, 0.5) is 0 Å². The molecule has 0 bridgehead atoms. The summed E-state index contributed by atoms with van der Waals surface area (Å²) in [6.07, 6.45) is 4.08. The maximum Gasteiger partial charge on any atom is 0.135 e. The predicted molar refractivity (Wildman–Crippen MR) is 56.6 cm³/mol. The zero-order chi connectivity index (χ0) is 10.7. The Balaban J connectivity index is 1.91. The van der Waals surface area contributed by atoms with Crippen LogP contribution in [-0.4, -0.2) is 18.3 Å². The average molecular weight is 210 g/mol. The lowest BCUT2D eigenvalue weighted by atomic mass is 9.92. The molecule has 0 spiro atoms. The molecule has 1 aromatic heterocycles. The standard InChI is InChI=1S/C12H18O3/c1-9-2-7-15-12(9)11(13)8-10-3-5-14-6-4-10/h2,7,10-11,13H,3-6,8H2,1H3. The zero-order valence-corrected chi connectivity index (χ0v) is 9.11. The molecule has 1 aromatic rings. The van der Waals surface area contributed by atoms with Gasteiger partial charge in [-0.2, -0.15) is 0 Å². The summed E-state index contributed by atoms with van der Waals surface area (Å²) in [4.78, 5) is 0. The monoisotopic (exact) mass is 210 g/mol. The highest BCUT2D eigenvalue weighted by atomic mass is 16.5. The number of hydrogen-bond donors (Lipinski definition) is 1. The summed E-state index contributed by atoms with van der Waals surface area (Å²) in [5.74, 6) is 1.29. The van der Waals surface area contributed by atoms with Gasteiger partial charge in [0.2, 0.25) is 0 Å². The third-order valence-electron chi connectivity index (χ3n) is 3.10. The molecule has 1 aliphatic heterocycles. The Morgan fingerprint density at radius 2 is 2.20 bits per heavy atom. The van der Waals surface area contributed by atoms with Crippen molar-refractivity contribution in [1.29, 1.82) is 0 Å². The number of rotatable bonds is 3. The normalized spacial score (nSPS) is 20.4. The van der Waals surface area contributed by atoms with Crippen LogP contribution < -0.4 is 0 Å². The van der Waals surface area contributed by atoms with Gasteiger partial charge in [0, 0.05) is 13.2 Å². The lowest BCUT2D eigenvalue weighted by Crippen LogP contribution is -2.18. The second kappa shape index (κ2) is 4.81. The van der Waals surface area contributed by atoms with E-state index in [9.17, 15) is 5.11 Å². The van der Waals surface area contributed by atoms with E-state index in [1.165, 1.54) is 0 Å². The zero-order valence-electron chi connectivity index (χ0n) is 9.11. The molecule has 84 valence electrons. The number of furan rings is 1. The quantitative estimate of drug-likeness (QED) is 0.833. The van der Waals surface area contributed by atoms with Gasteiger partial charge >= 0.3 is 0 Å². The summed E-state index contributed by atoms with van der Waals surface area (Å²) in [5, 5.41) is 10.0. The van der Waals surface area contributed by atoms with Crippen LogP contribution in [0.15, 0.2) is 16.7 Å². The molecule has 3 heteroatoms. The van der Waals surface area contributed by atoms with E-state index in [-0.39, 0.29) is 0 Å². The summed E-state index contributed by atoms with van der Waals surface area (Å²) in [5.41, 5.74) is 1.04. The first kappa shape index (κ1) is 10.7. The molecule has 1 saturated heterocycles. The molecule has 1 N–H and O–H groups in total. The van der Waals surface area contributed by atoms with E-state index >= 15 is 0 Å². The van der Waals surface area contributed by atoms with Gasteiger partial charge in [-0.3, -0.25) is 0 Å². The molecule has 0 amide bonds. The van der Waals surface area contributed by atoms with Gasteiger partial charge in [-0.25, -0.2) is 0 Å². The Hall–Kier alpha value is -0.800. The molecule has 0 aliphatic carbocycles. The second-order valence-corrected chi connectivity index (χ2v) is 4.28. The van der Waals surface area contributed by atoms with Crippen LogP contribution in [0, 0.1) is 12.8 Å². The van der Waals surface area contributed by atoms with Gasteiger partial charge in [-0.05, 0) is 43.7 Å². The summed E-state index contributed by atoms with van der Waals surface area (Å²) in [6.45, 7) is 3.62. The van der Waals surface area contributed by atoms with Crippen LogP contribution in [0.2, 0.25) is 0 Å². The highest BCUT2D eigenvalue weighted by molar-refractivity contribution is 5.16. The van der Waals surface area contributed by atoms with Crippen molar-refractivity contribution in [1.82, 2.24) is 0 Å². The van der Waals surface area contributed by atoms with Crippen molar-refractivity contribution < 1.29 is 14.3 Å². The molecule has 3 nitrogen and oxygen atoms in total. The molecule has 1 aliphatic rings. The third-order valence-corrected chi connectivity index (χ3v) is 3.10. The second-order valence-electron chi connectivity index (χ2n) is 4.28.